The van der Waals surface area contributed by atoms with Gasteiger partial charge in [0.2, 0.25) is 5.91 Å². The Morgan fingerprint density at radius 3 is 2.62 bits per heavy atom. The van der Waals surface area contributed by atoms with Crippen LogP contribution >= 0.6 is 0 Å². The van der Waals surface area contributed by atoms with E-state index in [0.717, 1.165) is 11.3 Å². The molecule has 0 radical (unpaired) electrons. The number of aryl methyl sites for hydroxylation is 1. The number of hydrogen-bond donors (Lipinski definition) is 0. The highest BCUT2D eigenvalue weighted by atomic mass is 16.5. The minimum atomic E-state index is -0.350. The maximum atomic E-state index is 13.7. The Balaban J connectivity index is 1.59. The van der Waals surface area contributed by atoms with Crippen molar-refractivity contribution in [2.45, 2.75) is 33.5 Å². The van der Waals surface area contributed by atoms with Crippen LogP contribution in [-0.4, -0.2) is 64.0 Å². The number of carbonyl (C=O) groups excluding carboxylic acids is 2. The lowest BCUT2D eigenvalue weighted by atomic mass is 10.1. The van der Waals surface area contributed by atoms with Crippen LogP contribution in [0.15, 0.2) is 59.3 Å². The van der Waals surface area contributed by atoms with Crippen molar-refractivity contribution in [1.29, 1.82) is 0 Å². The van der Waals surface area contributed by atoms with Gasteiger partial charge in [0, 0.05) is 31.4 Å². The molecule has 3 heterocycles. The molecule has 8 nitrogen and oxygen atoms in total. The number of aromatic nitrogens is 2. The molecule has 0 bridgehead atoms. The molecule has 0 N–H and O–H groups in total. The summed E-state index contributed by atoms with van der Waals surface area (Å²) in [5.74, 6) is 0.336. The van der Waals surface area contributed by atoms with Gasteiger partial charge in [-0.05, 0) is 25.0 Å². The lowest BCUT2D eigenvalue weighted by molar-refractivity contribution is -0.132. The summed E-state index contributed by atoms with van der Waals surface area (Å²) in [6, 6.07) is 15.1. The van der Waals surface area contributed by atoms with E-state index >= 15 is 0 Å². The molecule has 0 aliphatic carbocycles. The van der Waals surface area contributed by atoms with E-state index < -0.39 is 0 Å². The minimum absolute atomic E-state index is 0.0200. The Labute approximate surface area is 199 Å². The van der Waals surface area contributed by atoms with Crippen molar-refractivity contribution in [3.05, 3.63) is 71.7 Å². The number of carbonyl (C=O) groups is 2. The third kappa shape index (κ3) is 5.51. The molecule has 0 saturated carbocycles. The van der Waals surface area contributed by atoms with Gasteiger partial charge in [0.25, 0.3) is 5.91 Å². The first-order valence-electron chi connectivity index (χ1n) is 11.5. The highest BCUT2D eigenvalue weighted by molar-refractivity contribution is 6.02. The summed E-state index contributed by atoms with van der Waals surface area (Å²) in [6.45, 7) is 7.44. The molecule has 178 valence electrons. The van der Waals surface area contributed by atoms with Crippen molar-refractivity contribution < 1.29 is 18.8 Å². The average molecular weight is 463 g/mol. The van der Waals surface area contributed by atoms with E-state index in [4.69, 9.17) is 9.26 Å². The van der Waals surface area contributed by atoms with Gasteiger partial charge in [-0.3, -0.25) is 14.6 Å². The average Bonchev–Trinajstić information content (AvgIpc) is 3.15. The monoisotopic (exact) mass is 462 g/mol. The Bertz CT molecular complexity index is 1110. The van der Waals surface area contributed by atoms with Crippen LogP contribution < -0.4 is 0 Å². The first kappa shape index (κ1) is 23.6. The quantitative estimate of drug-likeness (QED) is 0.533. The van der Waals surface area contributed by atoms with Crippen molar-refractivity contribution in [2.75, 3.05) is 26.2 Å². The molecule has 1 aliphatic rings. The first-order chi connectivity index (χ1) is 16.4. The van der Waals surface area contributed by atoms with Gasteiger partial charge >= 0.3 is 0 Å². The largest absolute Gasteiger partial charge is 0.368 e. The Morgan fingerprint density at radius 2 is 1.91 bits per heavy atom. The van der Waals surface area contributed by atoms with Crippen LogP contribution in [-0.2, 0) is 16.1 Å². The Hall–Kier alpha value is -3.52. The van der Waals surface area contributed by atoms with Gasteiger partial charge in [0.1, 0.15) is 23.6 Å². The normalized spacial score (nSPS) is 16.7. The van der Waals surface area contributed by atoms with Gasteiger partial charge in [-0.25, -0.2) is 0 Å². The second-order valence-corrected chi connectivity index (χ2v) is 8.96. The molecule has 1 aliphatic heterocycles. The third-order valence-corrected chi connectivity index (χ3v) is 5.72. The summed E-state index contributed by atoms with van der Waals surface area (Å²) >= 11 is 0. The highest BCUT2D eigenvalue weighted by Crippen LogP contribution is 2.27. The lowest BCUT2D eigenvalue weighted by Gasteiger charge is -2.25. The molecule has 0 spiro atoms. The summed E-state index contributed by atoms with van der Waals surface area (Å²) in [5, 5.41) is 4.14. The molecule has 1 atom stereocenters. The van der Waals surface area contributed by atoms with E-state index in [9.17, 15) is 9.59 Å². The van der Waals surface area contributed by atoms with E-state index in [1.165, 1.54) is 0 Å². The van der Waals surface area contributed by atoms with Gasteiger partial charge in [-0.2, -0.15) is 0 Å². The maximum absolute atomic E-state index is 13.7. The number of nitrogens with zero attached hydrogens (tertiary/aromatic N) is 4. The number of amides is 2. The van der Waals surface area contributed by atoms with Crippen molar-refractivity contribution in [3.63, 3.8) is 0 Å². The zero-order chi connectivity index (χ0) is 24.1. The molecular formula is C26H30N4O4. The topological polar surface area (TPSA) is 88.8 Å². The molecule has 8 heteroatoms. The first-order valence-corrected chi connectivity index (χ1v) is 11.5. The van der Waals surface area contributed by atoms with Crippen LogP contribution in [0.25, 0.3) is 11.3 Å². The molecule has 34 heavy (non-hydrogen) atoms. The molecule has 1 fully saturated rings. The van der Waals surface area contributed by atoms with Gasteiger partial charge in [-0.1, -0.05) is 55.4 Å². The number of pyridine rings is 1. The predicted molar refractivity (Wildman–Crippen MR) is 127 cm³/mol. The maximum Gasteiger partial charge on any atom is 0.260 e. The van der Waals surface area contributed by atoms with Gasteiger partial charge in [-0.15, -0.1) is 0 Å². The van der Waals surface area contributed by atoms with Crippen molar-refractivity contribution in [1.82, 2.24) is 19.9 Å². The fourth-order valence-corrected chi connectivity index (χ4v) is 4.12. The van der Waals surface area contributed by atoms with E-state index in [2.05, 4.69) is 24.0 Å². The Kier molecular flexibility index (Phi) is 7.37. The zero-order valence-corrected chi connectivity index (χ0v) is 19.8. The second-order valence-electron chi connectivity index (χ2n) is 8.96. The molecular weight excluding hydrogens is 432 g/mol. The van der Waals surface area contributed by atoms with E-state index in [0.29, 0.717) is 42.6 Å². The van der Waals surface area contributed by atoms with Crippen LogP contribution in [0.3, 0.4) is 0 Å². The second kappa shape index (κ2) is 10.6. The number of hydrogen-bond acceptors (Lipinski definition) is 6. The predicted octanol–water partition coefficient (Wildman–Crippen LogP) is 3.57. The molecule has 1 aromatic carbocycles. The summed E-state index contributed by atoms with van der Waals surface area (Å²) in [7, 11) is 0. The highest BCUT2D eigenvalue weighted by Gasteiger charge is 2.34. The van der Waals surface area contributed by atoms with Crippen LogP contribution in [0, 0.1) is 12.8 Å². The molecule has 4 rings (SSSR count). The van der Waals surface area contributed by atoms with Crippen molar-refractivity contribution >= 4 is 11.8 Å². The summed E-state index contributed by atoms with van der Waals surface area (Å²) in [6.07, 6.45) is 1.37. The van der Waals surface area contributed by atoms with E-state index in [1.54, 1.807) is 22.9 Å². The lowest BCUT2D eigenvalue weighted by Crippen LogP contribution is -2.40. The van der Waals surface area contributed by atoms with Crippen LogP contribution in [0.1, 0.15) is 35.7 Å². The van der Waals surface area contributed by atoms with E-state index in [-0.39, 0.29) is 31.0 Å². The fourth-order valence-electron chi connectivity index (χ4n) is 4.12. The number of ether oxygens (including phenoxy) is 1. The Morgan fingerprint density at radius 1 is 1.15 bits per heavy atom. The fraction of sp³-hybridized carbons (Fsp3) is 0.385. The van der Waals surface area contributed by atoms with Gasteiger partial charge < -0.3 is 19.1 Å². The smallest absolute Gasteiger partial charge is 0.260 e. The number of rotatable bonds is 7. The van der Waals surface area contributed by atoms with Crippen molar-refractivity contribution in [2.24, 2.45) is 5.92 Å². The SMILES string of the molecule is Cc1onc(-c2ccccc2)c1C(=O)N1CC(=O)N(CC(C)C)C[C@H](OCc2ccccn2)C1. The standard InChI is InChI=1S/C26H30N4O4/c1-18(2)13-29-14-22(33-17-21-11-7-8-12-27-21)15-30(16-23(29)31)26(32)24-19(3)34-28-25(24)20-9-5-4-6-10-20/h4-12,18,22H,13-17H2,1-3H3/t22-/m0/s1. The molecule has 2 amide bonds. The van der Waals surface area contributed by atoms with Gasteiger partial charge in [0.05, 0.1) is 18.4 Å². The van der Waals surface area contributed by atoms with E-state index in [1.807, 2.05) is 48.5 Å². The molecule has 2 aromatic heterocycles. The van der Waals surface area contributed by atoms with Crippen molar-refractivity contribution in [3.8, 4) is 11.3 Å². The number of benzene rings is 1. The zero-order valence-electron chi connectivity index (χ0n) is 19.8. The summed E-state index contributed by atoms with van der Waals surface area (Å²) in [5.41, 5.74) is 2.44. The van der Waals surface area contributed by atoms with Crippen LogP contribution in [0.4, 0.5) is 0 Å². The molecule has 0 unspecified atom stereocenters. The van der Waals surface area contributed by atoms with Gasteiger partial charge in [0.15, 0.2) is 0 Å². The summed E-state index contributed by atoms with van der Waals surface area (Å²) < 4.78 is 11.6. The minimum Gasteiger partial charge on any atom is -0.368 e. The molecule has 1 saturated heterocycles. The summed E-state index contributed by atoms with van der Waals surface area (Å²) in [4.78, 5) is 34.5. The van der Waals surface area contributed by atoms with Crippen LogP contribution in [0.2, 0.25) is 0 Å². The third-order valence-electron chi connectivity index (χ3n) is 5.72. The van der Waals surface area contributed by atoms with Crippen LogP contribution in [0.5, 0.6) is 0 Å². The molecule has 3 aromatic rings.